The summed E-state index contributed by atoms with van der Waals surface area (Å²) in [5.74, 6) is 0.610. The molecule has 0 aromatic heterocycles. The normalized spacial score (nSPS) is 17.5. The molecule has 0 aliphatic carbocycles. The summed E-state index contributed by atoms with van der Waals surface area (Å²) in [6, 6.07) is 0.205. The van der Waals surface area contributed by atoms with E-state index in [4.69, 9.17) is 4.74 Å². The van der Waals surface area contributed by atoms with E-state index < -0.39 is 0 Å². The van der Waals surface area contributed by atoms with E-state index >= 15 is 0 Å². The fraction of sp³-hybridized carbons (Fsp3) is 0.923. The predicted molar refractivity (Wildman–Crippen MR) is 69.1 cm³/mol. The third-order valence-corrected chi connectivity index (χ3v) is 3.11. The van der Waals surface area contributed by atoms with Gasteiger partial charge in [-0.1, -0.05) is 0 Å². The largest absolute Gasteiger partial charge is 0.447 e. The molecule has 1 saturated heterocycles. The lowest BCUT2D eigenvalue weighted by atomic mass is 9.97. The third-order valence-electron chi connectivity index (χ3n) is 3.11. The van der Waals surface area contributed by atoms with Gasteiger partial charge in [-0.05, 0) is 59.5 Å². The molecule has 0 aromatic rings. The quantitative estimate of drug-likeness (QED) is 0.822. The molecule has 100 valence electrons. The SMILES string of the molecule is CC(C)OC(=O)N(CC1CCNCC1)C(C)C. The summed E-state index contributed by atoms with van der Waals surface area (Å²) in [4.78, 5) is 13.8. The van der Waals surface area contributed by atoms with Gasteiger partial charge in [0.15, 0.2) is 0 Å². The van der Waals surface area contributed by atoms with E-state index in [1.54, 1.807) is 0 Å². The standard InChI is InChI=1S/C13H26N2O2/c1-10(2)15(13(16)17-11(3)4)9-12-5-7-14-8-6-12/h10-12,14H,5-9H2,1-4H3. The maximum absolute atomic E-state index is 12.0. The van der Waals surface area contributed by atoms with Gasteiger partial charge in [-0.3, -0.25) is 0 Å². The van der Waals surface area contributed by atoms with Gasteiger partial charge < -0.3 is 15.0 Å². The summed E-state index contributed by atoms with van der Waals surface area (Å²) >= 11 is 0. The van der Waals surface area contributed by atoms with Crippen molar-refractivity contribution >= 4 is 6.09 Å². The van der Waals surface area contributed by atoms with Crippen molar-refractivity contribution in [2.45, 2.75) is 52.7 Å². The van der Waals surface area contributed by atoms with Crippen molar-refractivity contribution in [2.24, 2.45) is 5.92 Å². The molecule has 0 saturated carbocycles. The highest BCUT2D eigenvalue weighted by Crippen LogP contribution is 2.16. The van der Waals surface area contributed by atoms with Gasteiger partial charge >= 0.3 is 6.09 Å². The van der Waals surface area contributed by atoms with Crippen LogP contribution >= 0.6 is 0 Å². The molecular formula is C13H26N2O2. The molecule has 0 aromatic carbocycles. The van der Waals surface area contributed by atoms with Crippen molar-refractivity contribution in [2.75, 3.05) is 19.6 Å². The minimum atomic E-state index is -0.173. The molecule has 0 unspecified atom stereocenters. The van der Waals surface area contributed by atoms with E-state index in [-0.39, 0.29) is 18.2 Å². The number of rotatable bonds is 4. The number of nitrogens with zero attached hydrogens (tertiary/aromatic N) is 1. The average molecular weight is 242 g/mol. The summed E-state index contributed by atoms with van der Waals surface area (Å²) in [6.45, 7) is 10.8. The van der Waals surface area contributed by atoms with Gasteiger partial charge in [-0.25, -0.2) is 4.79 Å². The van der Waals surface area contributed by atoms with E-state index in [1.807, 2.05) is 32.6 Å². The smallest absolute Gasteiger partial charge is 0.410 e. The molecule has 1 N–H and O–H groups in total. The minimum absolute atomic E-state index is 0.0447. The first-order chi connectivity index (χ1) is 8.00. The number of carbonyl (C=O) groups is 1. The fourth-order valence-electron chi connectivity index (χ4n) is 2.11. The first-order valence-corrected chi connectivity index (χ1v) is 6.68. The summed E-state index contributed by atoms with van der Waals surface area (Å²) in [6.07, 6.45) is 2.08. The molecule has 0 radical (unpaired) electrons. The maximum atomic E-state index is 12.0. The highest BCUT2D eigenvalue weighted by molar-refractivity contribution is 5.68. The topological polar surface area (TPSA) is 41.6 Å². The van der Waals surface area contributed by atoms with E-state index in [2.05, 4.69) is 5.32 Å². The lowest BCUT2D eigenvalue weighted by molar-refractivity contribution is 0.0600. The second-order valence-corrected chi connectivity index (χ2v) is 5.37. The van der Waals surface area contributed by atoms with Crippen LogP contribution in [0.1, 0.15) is 40.5 Å². The molecule has 0 atom stereocenters. The summed E-state index contributed by atoms with van der Waals surface area (Å²) in [7, 11) is 0. The van der Waals surface area contributed by atoms with Crippen LogP contribution in [-0.2, 0) is 4.74 Å². The van der Waals surface area contributed by atoms with Gasteiger partial charge in [0.25, 0.3) is 0 Å². The monoisotopic (exact) mass is 242 g/mol. The van der Waals surface area contributed by atoms with Crippen molar-refractivity contribution in [3.63, 3.8) is 0 Å². The van der Waals surface area contributed by atoms with Gasteiger partial charge in [-0.15, -0.1) is 0 Å². The Hall–Kier alpha value is -0.770. The zero-order chi connectivity index (χ0) is 12.8. The van der Waals surface area contributed by atoms with Gasteiger partial charge in [0.2, 0.25) is 0 Å². The Morgan fingerprint density at radius 1 is 1.29 bits per heavy atom. The van der Waals surface area contributed by atoms with Crippen molar-refractivity contribution in [1.29, 1.82) is 0 Å². The number of carbonyl (C=O) groups excluding carboxylic acids is 1. The Bertz CT molecular complexity index is 236. The molecule has 0 spiro atoms. The van der Waals surface area contributed by atoms with Gasteiger partial charge in [0, 0.05) is 12.6 Å². The Morgan fingerprint density at radius 2 is 1.88 bits per heavy atom. The molecule has 1 aliphatic heterocycles. The van der Waals surface area contributed by atoms with Gasteiger partial charge in [0.1, 0.15) is 0 Å². The molecule has 17 heavy (non-hydrogen) atoms. The van der Waals surface area contributed by atoms with E-state index in [9.17, 15) is 4.79 Å². The lowest BCUT2D eigenvalue weighted by Crippen LogP contribution is -2.43. The van der Waals surface area contributed by atoms with E-state index in [1.165, 1.54) is 0 Å². The van der Waals surface area contributed by atoms with Crippen LogP contribution in [0.15, 0.2) is 0 Å². The summed E-state index contributed by atoms with van der Waals surface area (Å²) in [5.41, 5.74) is 0. The van der Waals surface area contributed by atoms with E-state index in [0.717, 1.165) is 32.5 Å². The number of piperidine rings is 1. The van der Waals surface area contributed by atoms with E-state index in [0.29, 0.717) is 5.92 Å². The molecule has 1 heterocycles. The molecule has 1 aliphatic rings. The molecule has 4 heteroatoms. The van der Waals surface area contributed by atoms with Crippen LogP contribution in [0.2, 0.25) is 0 Å². The Labute approximate surface area is 105 Å². The second kappa shape index (κ2) is 6.84. The van der Waals surface area contributed by atoms with Crippen LogP contribution in [-0.4, -0.2) is 42.8 Å². The Morgan fingerprint density at radius 3 is 2.35 bits per heavy atom. The van der Waals surface area contributed by atoms with Crippen molar-refractivity contribution in [3.05, 3.63) is 0 Å². The van der Waals surface area contributed by atoms with Crippen LogP contribution in [0, 0.1) is 5.92 Å². The molecular weight excluding hydrogens is 216 g/mol. The predicted octanol–water partition coefficient (Wildman–Crippen LogP) is 2.24. The highest BCUT2D eigenvalue weighted by atomic mass is 16.6. The average Bonchev–Trinajstić information content (AvgIpc) is 2.25. The zero-order valence-electron chi connectivity index (χ0n) is 11.5. The zero-order valence-corrected chi connectivity index (χ0v) is 11.5. The Balaban J connectivity index is 2.49. The molecule has 1 rings (SSSR count). The van der Waals surface area contributed by atoms with Crippen LogP contribution in [0.3, 0.4) is 0 Å². The minimum Gasteiger partial charge on any atom is -0.447 e. The fourth-order valence-corrected chi connectivity index (χ4v) is 2.11. The highest BCUT2D eigenvalue weighted by Gasteiger charge is 2.24. The number of hydrogen-bond donors (Lipinski definition) is 1. The molecule has 0 bridgehead atoms. The number of nitrogens with one attached hydrogen (secondary N) is 1. The molecule has 4 nitrogen and oxygen atoms in total. The van der Waals surface area contributed by atoms with Crippen molar-refractivity contribution in [3.8, 4) is 0 Å². The van der Waals surface area contributed by atoms with Gasteiger partial charge in [0.05, 0.1) is 6.10 Å². The number of amides is 1. The Kier molecular flexibility index (Phi) is 5.75. The first kappa shape index (κ1) is 14.3. The first-order valence-electron chi connectivity index (χ1n) is 6.68. The van der Waals surface area contributed by atoms with Crippen molar-refractivity contribution in [1.82, 2.24) is 10.2 Å². The molecule has 1 fully saturated rings. The lowest BCUT2D eigenvalue weighted by Gasteiger charge is -2.32. The van der Waals surface area contributed by atoms with Crippen LogP contribution in [0.5, 0.6) is 0 Å². The van der Waals surface area contributed by atoms with Gasteiger partial charge in [-0.2, -0.15) is 0 Å². The van der Waals surface area contributed by atoms with Crippen molar-refractivity contribution < 1.29 is 9.53 Å². The molecule has 1 amide bonds. The third kappa shape index (κ3) is 4.94. The summed E-state index contributed by atoms with van der Waals surface area (Å²) in [5, 5.41) is 3.34. The number of hydrogen-bond acceptors (Lipinski definition) is 3. The second-order valence-electron chi connectivity index (χ2n) is 5.37. The van der Waals surface area contributed by atoms with Crippen LogP contribution < -0.4 is 5.32 Å². The summed E-state index contributed by atoms with van der Waals surface area (Å²) < 4.78 is 5.29. The number of ether oxygens (including phenoxy) is 1. The van der Waals surface area contributed by atoms with Crippen LogP contribution in [0.25, 0.3) is 0 Å². The van der Waals surface area contributed by atoms with Crippen LogP contribution in [0.4, 0.5) is 4.79 Å². The maximum Gasteiger partial charge on any atom is 0.410 e.